The average Bonchev–Trinajstić information content (AvgIpc) is 3.33. The van der Waals surface area contributed by atoms with E-state index in [2.05, 4.69) is 13.2 Å². The Kier molecular flexibility index (Phi) is 8.93. The Morgan fingerprint density at radius 1 is 1.04 bits per heavy atom. The van der Waals surface area contributed by atoms with Gasteiger partial charge in [0.15, 0.2) is 0 Å². The summed E-state index contributed by atoms with van der Waals surface area (Å²) in [4.78, 5) is 0. The highest BCUT2D eigenvalue weighted by atomic mass is 16.6. The van der Waals surface area contributed by atoms with Crippen molar-refractivity contribution in [1.82, 2.24) is 0 Å². The summed E-state index contributed by atoms with van der Waals surface area (Å²) in [6.45, 7) is 13.9. The van der Waals surface area contributed by atoms with Crippen LogP contribution in [0.1, 0.15) is 13.8 Å². The van der Waals surface area contributed by atoms with E-state index in [4.69, 9.17) is 29.2 Å². The molecule has 2 aliphatic heterocycles. The fourth-order valence-electron chi connectivity index (χ4n) is 1.45. The molecule has 0 spiro atoms. The highest BCUT2D eigenvalue weighted by molar-refractivity contribution is 5.30. The molecule has 0 aliphatic carbocycles. The zero-order chi connectivity index (χ0) is 17.9. The van der Waals surface area contributed by atoms with Gasteiger partial charge in [-0.15, -0.1) is 0 Å². The van der Waals surface area contributed by atoms with Gasteiger partial charge in [-0.3, -0.25) is 0 Å². The molecule has 2 atom stereocenters. The highest BCUT2D eigenvalue weighted by Crippen LogP contribution is 2.15. The van der Waals surface area contributed by atoms with Crippen LogP contribution >= 0.6 is 0 Å². The van der Waals surface area contributed by atoms with Gasteiger partial charge < -0.3 is 29.2 Å². The molecule has 2 N–H and O–H groups in total. The minimum atomic E-state index is 0.0880. The van der Waals surface area contributed by atoms with Crippen LogP contribution in [0.25, 0.3) is 0 Å². The van der Waals surface area contributed by atoms with Crippen molar-refractivity contribution in [3.63, 3.8) is 0 Å². The molecule has 2 heterocycles. The zero-order valence-electron chi connectivity index (χ0n) is 14.2. The fourth-order valence-corrected chi connectivity index (χ4v) is 1.45. The van der Waals surface area contributed by atoms with Crippen LogP contribution in [0.4, 0.5) is 0 Å². The number of phenolic OH excluding ortho intramolecular Hbond substituents is 2. The van der Waals surface area contributed by atoms with E-state index in [0.717, 1.165) is 26.4 Å². The molecule has 1 aromatic rings. The first-order valence-electron chi connectivity index (χ1n) is 7.64. The Hall–Kier alpha value is -2.02. The van der Waals surface area contributed by atoms with Gasteiger partial charge in [0.05, 0.1) is 37.9 Å². The van der Waals surface area contributed by atoms with Crippen LogP contribution < -0.4 is 0 Å². The Balaban J connectivity index is 0.000000182. The van der Waals surface area contributed by atoms with Gasteiger partial charge in [-0.1, -0.05) is 19.2 Å². The first-order valence-corrected chi connectivity index (χ1v) is 7.64. The predicted molar refractivity (Wildman–Crippen MR) is 90.8 cm³/mol. The number of ether oxygens (including phenoxy) is 4. The molecule has 2 saturated heterocycles. The standard InChI is InChI=1S/C6H10O3.C6H6O2.C6H10O/c1(5-3-8-5)7-2-6-4-9-6;7-5-2-1-3-6(8)4-5;1-5(2)7-6(3)4/h5-6H,1-4H2;1-4,7-8H;1,3H2,2,4H3. The SMILES string of the molecule is C(OCC1CO1)C1CO1.C=C(C)OC(=C)C.Oc1cccc(O)c1. The number of phenols is 2. The molecule has 0 aromatic heterocycles. The van der Waals surface area contributed by atoms with Gasteiger partial charge in [-0.25, -0.2) is 0 Å². The Labute approximate surface area is 142 Å². The largest absolute Gasteiger partial charge is 0.508 e. The molecule has 0 saturated carbocycles. The van der Waals surface area contributed by atoms with E-state index in [1.54, 1.807) is 19.9 Å². The van der Waals surface area contributed by atoms with E-state index >= 15 is 0 Å². The van der Waals surface area contributed by atoms with E-state index in [1.165, 1.54) is 18.2 Å². The van der Waals surface area contributed by atoms with Crippen molar-refractivity contribution in [2.75, 3.05) is 26.4 Å². The zero-order valence-corrected chi connectivity index (χ0v) is 14.2. The maximum absolute atomic E-state index is 8.65. The maximum Gasteiger partial charge on any atom is 0.119 e. The molecule has 1 aromatic carbocycles. The lowest BCUT2D eigenvalue weighted by molar-refractivity contribution is 0.102. The quantitative estimate of drug-likeness (QED) is 0.613. The van der Waals surface area contributed by atoms with Gasteiger partial charge in [0, 0.05) is 6.07 Å². The molecular weight excluding hydrogens is 312 g/mol. The second-order valence-electron chi connectivity index (χ2n) is 5.47. The number of allylic oxidation sites excluding steroid dienone is 2. The molecule has 24 heavy (non-hydrogen) atoms. The number of rotatable bonds is 6. The normalized spacial score (nSPS) is 19.8. The monoisotopic (exact) mass is 338 g/mol. The molecule has 2 fully saturated rings. The summed E-state index contributed by atoms with van der Waals surface area (Å²) in [6, 6.07) is 5.85. The topological polar surface area (TPSA) is 84.0 Å². The van der Waals surface area contributed by atoms with Gasteiger partial charge >= 0.3 is 0 Å². The fraction of sp³-hybridized carbons (Fsp3) is 0.444. The predicted octanol–water partition coefficient (Wildman–Crippen LogP) is 2.97. The summed E-state index contributed by atoms with van der Waals surface area (Å²) in [5.41, 5.74) is 0. The Morgan fingerprint density at radius 3 is 1.67 bits per heavy atom. The lowest BCUT2D eigenvalue weighted by Crippen LogP contribution is -2.06. The lowest BCUT2D eigenvalue weighted by Gasteiger charge is -1.99. The summed E-state index contributed by atoms with van der Waals surface area (Å²) in [5.74, 6) is 1.55. The maximum atomic E-state index is 8.65. The molecule has 6 nitrogen and oxygen atoms in total. The average molecular weight is 338 g/mol. The van der Waals surface area contributed by atoms with Crippen molar-refractivity contribution in [3.8, 4) is 11.5 Å². The molecule has 3 rings (SSSR count). The third-order valence-corrected chi connectivity index (χ3v) is 2.59. The van der Waals surface area contributed by atoms with Gasteiger partial charge in [-0.05, 0) is 26.0 Å². The van der Waals surface area contributed by atoms with Crippen molar-refractivity contribution in [3.05, 3.63) is 48.9 Å². The van der Waals surface area contributed by atoms with Crippen LogP contribution in [0, 0.1) is 0 Å². The van der Waals surface area contributed by atoms with Crippen molar-refractivity contribution < 1.29 is 29.2 Å². The number of epoxide rings is 2. The van der Waals surface area contributed by atoms with Crippen molar-refractivity contribution in [1.29, 1.82) is 0 Å². The summed E-state index contributed by atoms with van der Waals surface area (Å²) in [7, 11) is 0. The minimum Gasteiger partial charge on any atom is -0.508 e. The number of aromatic hydroxyl groups is 2. The summed E-state index contributed by atoms with van der Waals surface area (Å²) >= 11 is 0. The second kappa shape index (κ2) is 10.7. The van der Waals surface area contributed by atoms with Crippen LogP contribution in [0.15, 0.2) is 48.9 Å². The third-order valence-electron chi connectivity index (χ3n) is 2.59. The second-order valence-corrected chi connectivity index (χ2v) is 5.47. The molecule has 134 valence electrons. The molecule has 0 bridgehead atoms. The molecule has 6 heteroatoms. The lowest BCUT2D eigenvalue weighted by atomic mass is 10.3. The number of benzene rings is 1. The molecule has 2 aliphatic rings. The smallest absolute Gasteiger partial charge is 0.119 e. The van der Waals surface area contributed by atoms with E-state index in [0.29, 0.717) is 23.7 Å². The Morgan fingerprint density at radius 2 is 1.46 bits per heavy atom. The molecule has 0 radical (unpaired) electrons. The first-order chi connectivity index (χ1) is 11.4. The van der Waals surface area contributed by atoms with Gasteiger partial charge in [0.25, 0.3) is 0 Å². The van der Waals surface area contributed by atoms with Crippen molar-refractivity contribution in [2.45, 2.75) is 26.1 Å². The summed E-state index contributed by atoms with van der Waals surface area (Å²) in [6.07, 6.45) is 0.785. The summed E-state index contributed by atoms with van der Waals surface area (Å²) < 4.78 is 20.0. The highest BCUT2D eigenvalue weighted by Gasteiger charge is 2.26. The van der Waals surface area contributed by atoms with Gasteiger partial charge in [0.2, 0.25) is 0 Å². The van der Waals surface area contributed by atoms with Crippen LogP contribution in [0.3, 0.4) is 0 Å². The van der Waals surface area contributed by atoms with Crippen LogP contribution in [0.5, 0.6) is 11.5 Å². The van der Waals surface area contributed by atoms with E-state index in [-0.39, 0.29) is 11.5 Å². The van der Waals surface area contributed by atoms with Crippen LogP contribution in [0.2, 0.25) is 0 Å². The third kappa shape index (κ3) is 12.5. The van der Waals surface area contributed by atoms with Gasteiger partial charge in [0.1, 0.15) is 23.7 Å². The van der Waals surface area contributed by atoms with Crippen molar-refractivity contribution in [2.24, 2.45) is 0 Å². The first kappa shape index (κ1) is 20.0. The van der Waals surface area contributed by atoms with E-state index in [1.807, 2.05) is 0 Å². The van der Waals surface area contributed by atoms with E-state index < -0.39 is 0 Å². The summed E-state index contributed by atoms with van der Waals surface area (Å²) in [5, 5.41) is 17.3. The molecule has 2 unspecified atom stereocenters. The van der Waals surface area contributed by atoms with Crippen LogP contribution in [-0.2, 0) is 18.9 Å². The van der Waals surface area contributed by atoms with Crippen LogP contribution in [-0.4, -0.2) is 48.8 Å². The number of hydrogen-bond acceptors (Lipinski definition) is 6. The molecule has 0 amide bonds. The van der Waals surface area contributed by atoms with E-state index in [9.17, 15) is 0 Å². The van der Waals surface area contributed by atoms with Gasteiger partial charge in [-0.2, -0.15) is 0 Å². The Bertz CT molecular complexity index is 479. The minimum absolute atomic E-state index is 0.0880. The van der Waals surface area contributed by atoms with Crippen molar-refractivity contribution >= 4 is 0 Å². The molecular formula is C18H26O6. The number of hydrogen-bond donors (Lipinski definition) is 2.